The summed E-state index contributed by atoms with van der Waals surface area (Å²) in [6.07, 6.45) is 1.07. The highest BCUT2D eigenvalue weighted by Crippen LogP contribution is 2.09. The van der Waals surface area contributed by atoms with Gasteiger partial charge in [-0.3, -0.25) is 4.39 Å². The van der Waals surface area contributed by atoms with Gasteiger partial charge >= 0.3 is 0 Å². The highest BCUT2D eigenvalue weighted by atomic mass is 19.1. The third-order valence-corrected chi connectivity index (χ3v) is 1.62. The van der Waals surface area contributed by atoms with E-state index in [4.69, 9.17) is 5.11 Å². The summed E-state index contributed by atoms with van der Waals surface area (Å²) in [6, 6.07) is 0. The van der Waals surface area contributed by atoms with Gasteiger partial charge in [-0.15, -0.1) is 0 Å². The fourth-order valence-electron chi connectivity index (χ4n) is 0.640. The van der Waals surface area contributed by atoms with Crippen molar-refractivity contribution in [2.75, 3.05) is 6.67 Å². The predicted molar refractivity (Wildman–Crippen MR) is 36.1 cm³/mol. The second kappa shape index (κ2) is 4.74. The SMILES string of the molecule is CC(O)C(C)CCCF. The molecule has 0 fully saturated rings. The summed E-state index contributed by atoms with van der Waals surface area (Å²) in [7, 11) is 0. The highest BCUT2D eigenvalue weighted by molar-refractivity contribution is 4.57. The zero-order valence-corrected chi connectivity index (χ0v) is 6.10. The van der Waals surface area contributed by atoms with E-state index in [0.29, 0.717) is 6.42 Å². The molecule has 0 aromatic heterocycles. The Labute approximate surface area is 55.9 Å². The van der Waals surface area contributed by atoms with Crippen LogP contribution >= 0.6 is 0 Å². The molecule has 1 N–H and O–H groups in total. The highest BCUT2D eigenvalue weighted by Gasteiger charge is 2.06. The van der Waals surface area contributed by atoms with E-state index in [2.05, 4.69) is 0 Å². The number of halogens is 1. The zero-order valence-electron chi connectivity index (χ0n) is 6.10. The van der Waals surface area contributed by atoms with Crippen molar-refractivity contribution in [2.24, 2.45) is 5.92 Å². The Morgan fingerprint density at radius 2 is 2.00 bits per heavy atom. The van der Waals surface area contributed by atoms with Crippen molar-refractivity contribution in [3.63, 3.8) is 0 Å². The van der Waals surface area contributed by atoms with Crippen LogP contribution in [0.1, 0.15) is 26.7 Å². The lowest BCUT2D eigenvalue weighted by atomic mass is 10.0. The van der Waals surface area contributed by atoms with Gasteiger partial charge in [0.05, 0.1) is 12.8 Å². The number of aliphatic hydroxyl groups excluding tert-OH is 1. The summed E-state index contributed by atoms with van der Waals surface area (Å²) in [4.78, 5) is 0. The van der Waals surface area contributed by atoms with Gasteiger partial charge in [-0.1, -0.05) is 6.92 Å². The van der Waals surface area contributed by atoms with Gasteiger partial charge in [0.1, 0.15) is 0 Å². The average molecular weight is 134 g/mol. The predicted octanol–water partition coefficient (Wildman–Crippen LogP) is 1.75. The molecular weight excluding hydrogens is 119 g/mol. The molecular formula is C7H15FO. The van der Waals surface area contributed by atoms with Gasteiger partial charge in [0.2, 0.25) is 0 Å². The number of rotatable bonds is 4. The summed E-state index contributed by atoms with van der Waals surface area (Å²) in [6.45, 7) is 3.40. The van der Waals surface area contributed by atoms with E-state index >= 15 is 0 Å². The standard InChI is InChI=1S/C7H15FO/c1-6(7(2)9)4-3-5-8/h6-7,9H,3-5H2,1-2H3. The molecule has 0 aliphatic rings. The Balaban J connectivity index is 3.16. The summed E-state index contributed by atoms with van der Waals surface area (Å²) in [5.74, 6) is 0.237. The normalized spacial score (nSPS) is 17.3. The molecule has 0 aliphatic carbocycles. The molecule has 2 atom stereocenters. The molecule has 0 spiro atoms. The first-order valence-electron chi connectivity index (χ1n) is 3.42. The molecule has 0 aromatic rings. The van der Waals surface area contributed by atoms with Crippen LogP contribution in [0.5, 0.6) is 0 Å². The summed E-state index contributed by atoms with van der Waals surface area (Å²) in [5, 5.41) is 8.93. The minimum atomic E-state index is -0.295. The van der Waals surface area contributed by atoms with Gasteiger partial charge in [-0.25, -0.2) is 0 Å². The molecule has 2 heteroatoms. The smallest absolute Gasteiger partial charge is 0.0894 e. The van der Waals surface area contributed by atoms with E-state index in [9.17, 15) is 4.39 Å². The van der Waals surface area contributed by atoms with Gasteiger partial charge in [0.25, 0.3) is 0 Å². The van der Waals surface area contributed by atoms with E-state index in [0.717, 1.165) is 6.42 Å². The molecule has 0 aliphatic heterocycles. The van der Waals surface area contributed by atoms with Crippen LogP contribution in [0.3, 0.4) is 0 Å². The Bertz CT molecular complexity index is 63.9. The van der Waals surface area contributed by atoms with Crippen molar-refractivity contribution in [1.29, 1.82) is 0 Å². The average Bonchev–Trinajstić information content (AvgIpc) is 1.82. The van der Waals surface area contributed by atoms with Gasteiger partial charge in [0.15, 0.2) is 0 Å². The Kier molecular flexibility index (Phi) is 4.68. The van der Waals surface area contributed by atoms with Gasteiger partial charge in [0, 0.05) is 0 Å². The van der Waals surface area contributed by atoms with Crippen molar-refractivity contribution >= 4 is 0 Å². The van der Waals surface area contributed by atoms with Gasteiger partial charge in [-0.05, 0) is 25.7 Å². The van der Waals surface area contributed by atoms with Crippen LogP contribution in [-0.4, -0.2) is 17.9 Å². The minimum absolute atomic E-state index is 0.237. The summed E-state index contributed by atoms with van der Waals surface area (Å²) in [5.41, 5.74) is 0. The molecule has 2 unspecified atom stereocenters. The first-order valence-corrected chi connectivity index (χ1v) is 3.42. The van der Waals surface area contributed by atoms with Crippen LogP contribution in [0.2, 0.25) is 0 Å². The molecule has 56 valence electrons. The second-order valence-corrected chi connectivity index (χ2v) is 2.55. The molecule has 0 heterocycles. The molecule has 0 aromatic carbocycles. The van der Waals surface area contributed by atoms with Crippen molar-refractivity contribution in [3.05, 3.63) is 0 Å². The van der Waals surface area contributed by atoms with Crippen LogP contribution < -0.4 is 0 Å². The largest absolute Gasteiger partial charge is 0.393 e. The maximum atomic E-state index is 11.5. The van der Waals surface area contributed by atoms with Gasteiger partial charge < -0.3 is 5.11 Å². The van der Waals surface area contributed by atoms with Crippen LogP contribution in [0, 0.1) is 5.92 Å². The molecule has 0 saturated heterocycles. The number of alkyl halides is 1. The molecule has 9 heavy (non-hydrogen) atoms. The van der Waals surface area contributed by atoms with Crippen LogP contribution in [-0.2, 0) is 0 Å². The molecule has 1 nitrogen and oxygen atoms in total. The second-order valence-electron chi connectivity index (χ2n) is 2.55. The third kappa shape index (κ3) is 4.40. The summed E-state index contributed by atoms with van der Waals surface area (Å²) >= 11 is 0. The van der Waals surface area contributed by atoms with Crippen molar-refractivity contribution in [2.45, 2.75) is 32.8 Å². The van der Waals surface area contributed by atoms with Crippen molar-refractivity contribution in [1.82, 2.24) is 0 Å². The van der Waals surface area contributed by atoms with Crippen LogP contribution in [0.25, 0.3) is 0 Å². The van der Waals surface area contributed by atoms with Crippen LogP contribution in [0.15, 0.2) is 0 Å². The van der Waals surface area contributed by atoms with Crippen LogP contribution in [0.4, 0.5) is 4.39 Å². The Morgan fingerprint density at radius 1 is 1.44 bits per heavy atom. The first kappa shape index (κ1) is 8.89. The molecule has 0 amide bonds. The quantitative estimate of drug-likeness (QED) is 0.621. The molecule has 0 saturated carbocycles. The molecule has 0 rings (SSSR count). The molecule has 0 radical (unpaired) electrons. The third-order valence-electron chi connectivity index (χ3n) is 1.62. The maximum Gasteiger partial charge on any atom is 0.0894 e. The van der Waals surface area contributed by atoms with Crippen molar-refractivity contribution in [3.8, 4) is 0 Å². The molecule has 0 bridgehead atoms. The number of hydrogen-bond acceptors (Lipinski definition) is 1. The van der Waals surface area contributed by atoms with Crippen molar-refractivity contribution < 1.29 is 9.50 Å². The van der Waals surface area contributed by atoms with E-state index in [1.165, 1.54) is 0 Å². The topological polar surface area (TPSA) is 20.2 Å². The minimum Gasteiger partial charge on any atom is -0.393 e. The lowest BCUT2D eigenvalue weighted by Crippen LogP contribution is -2.12. The fourth-order valence-corrected chi connectivity index (χ4v) is 0.640. The van der Waals surface area contributed by atoms with E-state index in [1.54, 1.807) is 6.92 Å². The Hall–Kier alpha value is -0.110. The Morgan fingerprint density at radius 3 is 2.33 bits per heavy atom. The first-order chi connectivity index (χ1) is 4.18. The van der Waals surface area contributed by atoms with E-state index in [1.807, 2.05) is 6.92 Å². The van der Waals surface area contributed by atoms with Gasteiger partial charge in [-0.2, -0.15) is 0 Å². The lowest BCUT2D eigenvalue weighted by Gasteiger charge is -2.12. The maximum absolute atomic E-state index is 11.5. The zero-order chi connectivity index (χ0) is 7.28. The number of hydrogen-bond donors (Lipinski definition) is 1. The summed E-state index contributed by atoms with van der Waals surface area (Å²) < 4.78 is 11.5. The lowest BCUT2D eigenvalue weighted by molar-refractivity contribution is 0.127. The van der Waals surface area contributed by atoms with E-state index < -0.39 is 0 Å². The fraction of sp³-hybridized carbons (Fsp3) is 1.00. The number of aliphatic hydroxyl groups is 1. The van der Waals surface area contributed by atoms with E-state index in [-0.39, 0.29) is 18.7 Å². The monoisotopic (exact) mass is 134 g/mol.